The van der Waals surface area contributed by atoms with Gasteiger partial charge in [0.05, 0.1) is 18.6 Å². The molecule has 152 valence electrons. The van der Waals surface area contributed by atoms with Crippen LogP contribution in [-0.2, 0) is 14.8 Å². The molecule has 0 aliphatic heterocycles. The molecule has 28 heavy (non-hydrogen) atoms. The van der Waals surface area contributed by atoms with Crippen LogP contribution in [0.3, 0.4) is 0 Å². The summed E-state index contributed by atoms with van der Waals surface area (Å²) in [6.45, 7) is 8.12. The minimum atomic E-state index is -3.66. The molecule has 0 aliphatic rings. The first-order chi connectivity index (χ1) is 13.2. The number of sulfonamides is 1. The van der Waals surface area contributed by atoms with Crippen LogP contribution in [0.5, 0.6) is 5.75 Å². The van der Waals surface area contributed by atoms with E-state index < -0.39 is 16.1 Å². The molecule has 7 heteroatoms. The molecule has 0 heterocycles. The highest BCUT2D eigenvalue weighted by Crippen LogP contribution is 2.26. The average molecular weight is 405 g/mol. The number of hydrogen-bond donors (Lipinski definition) is 1. The van der Waals surface area contributed by atoms with Crippen LogP contribution < -0.4 is 14.4 Å². The zero-order chi connectivity index (χ0) is 20.9. The van der Waals surface area contributed by atoms with Gasteiger partial charge in [-0.3, -0.25) is 9.10 Å². The summed E-state index contributed by atoms with van der Waals surface area (Å²) >= 11 is 0. The molecule has 0 unspecified atom stereocenters. The maximum Gasteiger partial charge on any atom is 0.248 e. The Morgan fingerprint density at radius 1 is 1.07 bits per heavy atom. The topological polar surface area (TPSA) is 75.7 Å². The molecule has 2 aromatic rings. The lowest BCUT2D eigenvalue weighted by molar-refractivity contribution is -0.117. The first kappa shape index (κ1) is 21.8. The van der Waals surface area contributed by atoms with Gasteiger partial charge in [-0.25, -0.2) is 8.42 Å². The molecular weight excluding hydrogens is 376 g/mol. The monoisotopic (exact) mass is 404 g/mol. The summed E-state index contributed by atoms with van der Waals surface area (Å²) in [7, 11) is -3.66. The lowest BCUT2D eigenvalue weighted by Crippen LogP contribution is -2.47. The summed E-state index contributed by atoms with van der Waals surface area (Å²) in [5.41, 5.74) is 3.09. The number of hydrogen-bond acceptors (Lipinski definition) is 4. The number of anilines is 2. The van der Waals surface area contributed by atoms with E-state index in [0.717, 1.165) is 17.4 Å². The molecule has 0 bridgehead atoms. The third-order valence-corrected chi connectivity index (χ3v) is 5.69. The maximum absolute atomic E-state index is 12.9. The molecule has 1 N–H and O–H groups in total. The maximum atomic E-state index is 12.9. The summed E-state index contributed by atoms with van der Waals surface area (Å²) in [4.78, 5) is 12.9. The van der Waals surface area contributed by atoms with Crippen LogP contribution in [0.15, 0.2) is 42.5 Å². The third-order valence-electron chi connectivity index (χ3n) is 4.51. The second kappa shape index (κ2) is 9.10. The van der Waals surface area contributed by atoms with Gasteiger partial charge in [0.25, 0.3) is 0 Å². The van der Waals surface area contributed by atoms with Crippen molar-refractivity contribution in [3.63, 3.8) is 0 Å². The minimum absolute atomic E-state index is 0.336. The molecule has 0 saturated carbocycles. The number of aryl methyl sites for hydroxylation is 2. The van der Waals surface area contributed by atoms with Gasteiger partial charge < -0.3 is 10.1 Å². The molecule has 0 aliphatic carbocycles. The Balaban J connectivity index is 2.32. The fourth-order valence-corrected chi connectivity index (χ4v) is 4.15. The van der Waals surface area contributed by atoms with Crippen molar-refractivity contribution in [2.24, 2.45) is 0 Å². The zero-order valence-electron chi connectivity index (χ0n) is 17.0. The predicted molar refractivity (Wildman–Crippen MR) is 114 cm³/mol. The zero-order valence-corrected chi connectivity index (χ0v) is 17.8. The number of amides is 1. The Bertz CT molecular complexity index is 924. The number of ether oxygens (including phenoxy) is 1. The standard InChI is InChI=1S/C21H28N2O4S/c1-6-20(21(24)22-17-9-12-19(13-10-17)27-7-2)23(28(5,25)26)18-11-8-15(3)16(4)14-18/h8-14,20H,6-7H2,1-5H3,(H,22,24)/t20-/m0/s1. The van der Waals surface area contributed by atoms with Gasteiger partial charge >= 0.3 is 0 Å². The average Bonchev–Trinajstić information content (AvgIpc) is 2.63. The van der Waals surface area contributed by atoms with Crippen molar-refractivity contribution in [2.45, 2.75) is 40.2 Å². The Morgan fingerprint density at radius 2 is 1.71 bits per heavy atom. The van der Waals surface area contributed by atoms with Gasteiger partial charge in [0.1, 0.15) is 11.8 Å². The number of nitrogens with one attached hydrogen (secondary N) is 1. The summed E-state index contributed by atoms with van der Waals surface area (Å²) in [6.07, 6.45) is 1.46. The molecule has 6 nitrogen and oxygen atoms in total. The summed E-state index contributed by atoms with van der Waals surface area (Å²) in [6, 6.07) is 11.5. The van der Waals surface area contributed by atoms with Gasteiger partial charge in [-0.1, -0.05) is 13.0 Å². The van der Waals surface area contributed by atoms with E-state index >= 15 is 0 Å². The lowest BCUT2D eigenvalue weighted by Gasteiger charge is -2.30. The minimum Gasteiger partial charge on any atom is -0.494 e. The van der Waals surface area contributed by atoms with Crippen molar-refractivity contribution in [1.82, 2.24) is 0 Å². The van der Waals surface area contributed by atoms with Gasteiger partial charge in [-0.05, 0) is 74.7 Å². The lowest BCUT2D eigenvalue weighted by atomic mass is 10.1. The molecule has 0 spiro atoms. The molecule has 1 atom stereocenters. The molecule has 0 aromatic heterocycles. The van der Waals surface area contributed by atoms with Crippen LogP contribution in [0, 0.1) is 13.8 Å². The molecule has 1 amide bonds. The Labute approximate surface area is 167 Å². The van der Waals surface area contributed by atoms with E-state index in [1.165, 1.54) is 4.31 Å². The quantitative estimate of drug-likeness (QED) is 0.724. The molecule has 0 saturated heterocycles. The second-order valence-electron chi connectivity index (χ2n) is 6.70. The van der Waals surface area contributed by atoms with E-state index in [2.05, 4.69) is 5.32 Å². The molecule has 2 rings (SSSR count). The van der Waals surface area contributed by atoms with Crippen LogP contribution in [0.25, 0.3) is 0 Å². The number of carbonyl (C=O) groups excluding carboxylic acids is 1. The Hall–Kier alpha value is -2.54. The Kier molecular flexibility index (Phi) is 7.07. The van der Waals surface area contributed by atoms with Gasteiger partial charge in [0.15, 0.2) is 0 Å². The van der Waals surface area contributed by atoms with E-state index in [-0.39, 0.29) is 5.91 Å². The highest BCUT2D eigenvalue weighted by Gasteiger charge is 2.31. The third kappa shape index (κ3) is 5.25. The van der Waals surface area contributed by atoms with Crippen LogP contribution in [0.4, 0.5) is 11.4 Å². The van der Waals surface area contributed by atoms with Crippen molar-refractivity contribution in [3.05, 3.63) is 53.6 Å². The summed E-state index contributed by atoms with van der Waals surface area (Å²) < 4.78 is 31.7. The fourth-order valence-electron chi connectivity index (χ4n) is 2.95. The molecular formula is C21H28N2O4S. The second-order valence-corrected chi connectivity index (χ2v) is 8.56. The van der Waals surface area contributed by atoms with E-state index in [4.69, 9.17) is 4.74 Å². The van der Waals surface area contributed by atoms with Gasteiger partial charge in [-0.2, -0.15) is 0 Å². The van der Waals surface area contributed by atoms with Crippen LogP contribution >= 0.6 is 0 Å². The largest absolute Gasteiger partial charge is 0.494 e. The SMILES string of the molecule is CCOc1ccc(NC(=O)[C@H](CC)N(c2ccc(C)c(C)c2)S(C)(=O)=O)cc1. The first-order valence-corrected chi connectivity index (χ1v) is 11.1. The first-order valence-electron chi connectivity index (χ1n) is 9.27. The molecule has 0 fully saturated rings. The smallest absolute Gasteiger partial charge is 0.248 e. The fraction of sp³-hybridized carbons (Fsp3) is 0.381. The number of rotatable bonds is 8. The number of benzene rings is 2. The van der Waals surface area contributed by atoms with Crippen LogP contribution in [0.2, 0.25) is 0 Å². The van der Waals surface area contributed by atoms with Crippen molar-refractivity contribution < 1.29 is 17.9 Å². The summed E-state index contributed by atoms with van der Waals surface area (Å²) in [5, 5.41) is 2.81. The van der Waals surface area contributed by atoms with E-state index in [0.29, 0.717) is 30.2 Å². The number of nitrogens with zero attached hydrogens (tertiary/aromatic N) is 1. The normalized spacial score (nSPS) is 12.3. The van der Waals surface area contributed by atoms with Crippen molar-refractivity contribution in [1.29, 1.82) is 0 Å². The van der Waals surface area contributed by atoms with Crippen LogP contribution in [0.1, 0.15) is 31.4 Å². The van der Waals surface area contributed by atoms with Crippen LogP contribution in [-0.4, -0.2) is 33.2 Å². The summed E-state index contributed by atoms with van der Waals surface area (Å²) in [5.74, 6) is 0.329. The highest BCUT2D eigenvalue weighted by molar-refractivity contribution is 7.92. The van der Waals surface area contributed by atoms with Crippen molar-refractivity contribution >= 4 is 27.3 Å². The Morgan fingerprint density at radius 3 is 2.21 bits per heavy atom. The molecule has 2 aromatic carbocycles. The van der Waals surface area contributed by atoms with Gasteiger partial charge in [-0.15, -0.1) is 0 Å². The highest BCUT2D eigenvalue weighted by atomic mass is 32.2. The van der Waals surface area contributed by atoms with E-state index in [1.807, 2.05) is 26.8 Å². The van der Waals surface area contributed by atoms with Gasteiger partial charge in [0, 0.05) is 5.69 Å². The van der Waals surface area contributed by atoms with Crippen molar-refractivity contribution in [2.75, 3.05) is 22.5 Å². The predicted octanol–water partition coefficient (Wildman–Crippen LogP) is 3.89. The van der Waals surface area contributed by atoms with Gasteiger partial charge in [0.2, 0.25) is 15.9 Å². The number of carbonyl (C=O) groups is 1. The molecule has 0 radical (unpaired) electrons. The van der Waals surface area contributed by atoms with Crippen molar-refractivity contribution in [3.8, 4) is 5.75 Å². The van der Waals surface area contributed by atoms with E-state index in [9.17, 15) is 13.2 Å². The van der Waals surface area contributed by atoms with E-state index in [1.54, 1.807) is 43.3 Å².